The number of carbonyl (C=O) groups is 1. The van der Waals surface area contributed by atoms with E-state index in [4.69, 9.17) is 11.6 Å². The third-order valence-corrected chi connectivity index (χ3v) is 4.12. The zero-order chi connectivity index (χ0) is 15.2. The number of hydrogen-bond acceptors (Lipinski definition) is 5. The Morgan fingerprint density at radius 2 is 2.10 bits per heavy atom. The van der Waals surface area contributed by atoms with Crippen molar-refractivity contribution in [1.29, 1.82) is 0 Å². The van der Waals surface area contributed by atoms with Crippen LogP contribution in [0.15, 0.2) is 12.4 Å². The second-order valence-electron chi connectivity index (χ2n) is 4.09. The van der Waals surface area contributed by atoms with Gasteiger partial charge in [-0.25, -0.2) is 22.7 Å². The number of amides is 1. The van der Waals surface area contributed by atoms with E-state index in [9.17, 15) is 13.2 Å². The number of sulfonamides is 1. The fraction of sp³-hybridized carbons (Fsp3) is 0.545. The Bertz CT molecular complexity index is 547. The summed E-state index contributed by atoms with van der Waals surface area (Å²) >= 11 is 5.57. The summed E-state index contributed by atoms with van der Waals surface area (Å²) in [6.45, 7) is 2.90. The lowest BCUT2D eigenvalue weighted by atomic mass is 10.3. The summed E-state index contributed by atoms with van der Waals surface area (Å²) in [5.41, 5.74) is 0.171. The van der Waals surface area contributed by atoms with Gasteiger partial charge in [0.1, 0.15) is 10.8 Å². The molecule has 1 amide bonds. The minimum absolute atomic E-state index is 0.171. The van der Waals surface area contributed by atoms with Gasteiger partial charge in [-0.2, -0.15) is 0 Å². The average Bonchev–Trinajstić information content (AvgIpc) is 2.37. The molecule has 1 aromatic rings. The highest BCUT2D eigenvalue weighted by Gasteiger charge is 2.13. The Labute approximate surface area is 123 Å². The van der Waals surface area contributed by atoms with Crippen molar-refractivity contribution in [2.45, 2.75) is 13.3 Å². The Kier molecular flexibility index (Phi) is 6.31. The van der Waals surface area contributed by atoms with Gasteiger partial charge in [0.05, 0.1) is 18.6 Å². The molecule has 0 aliphatic heterocycles. The van der Waals surface area contributed by atoms with Gasteiger partial charge in [0, 0.05) is 19.6 Å². The standard InChI is InChI=1S/C11H17ClN4O3S/c1-3-16(20(2,18)19)6-4-5-13-11(17)9-7-15-10(12)8-14-9/h7-8H,3-6H2,1-2H3,(H,13,17). The molecular weight excluding hydrogens is 304 g/mol. The van der Waals surface area contributed by atoms with E-state index in [0.717, 1.165) is 0 Å². The molecule has 0 unspecified atom stereocenters. The highest BCUT2D eigenvalue weighted by atomic mass is 35.5. The summed E-state index contributed by atoms with van der Waals surface area (Å²) in [6, 6.07) is 0. The summed E-state index contributed by atoms with van der Waals surface area (Å²) in [6.07, 6.45) is 4.26. The number of rotatable bonds is 7. The van der Waals surface area contributed by atoms with Crippen LogP contribution in [-0.2, 0) is 10.0 Å². The summed E-state index contributed by atoms with van der Waals surface area (Å²) in [7, 11) is -3.19. The smallest absolute Gasteiger partial charge is 0.271 e. The number of halogens is 1. The van der Waals surface area contributed by atoms with Crippen LogP contribution in [-0.4, -0.2) is 54.5 Å². The van der Waals surface area contributed by atoms with Gasteiger partial charge < -0.3 is 5.32 Å². The molecule has 0 aliphatic rings. The third-order valence-electron chi connectivity index (χ3n) is 2.54. The molecule has 1 aromatic heterocycles. The maximum Gasteiger partial charge on any atom is 0.271 e. The lowest BCUT2D eigenvalue weighted by Gasteiger charge is -2.17. The van der Waals surface area contributed by atoms with Crippen molar-refractivity contribution in [1.82, 2.24) is 19.6 Å². The molecule has 1 rings (SSSR count). The van der Waals surface area contributed by atoms with E-state index >= 15 is 0 Å². The molecule has 0 fully saturated rings. The number of nitrogens with zero attached hydrogens (tertiary/aromatic N) is 3. The van der Waals surface area contributed by atoms with Gasteiger partial charge >= 0.3 is 0 Å². The van der Waals surface area contributed by atoms with Crippen molar-refractivity contribution in [2.24, 2.45) is 0 Å². The molecule has 0 atom stereocenters. The van der Waals surface area contributed by atoms with E-state index in [0.29, 0.717) is 26.1 Å². The molecule has 1 heterocycles. The van der Waals surface area contributed by atoms with E-state index in [-0.39, 0.29) is 16.8 Å². The van der Waals surface area contributed by atoms with Crippen LogP contribution in [0.25, 0.3) is 0 Å². The fourth-order valence-electron chi connectivity index (χ4n) is 1.54. The molecule has 0 saturated carbocycles. The molecule has 1 N–H and O–H groups in total. The number of nitrogens with one attached hydrogen (secondary N) is 1. The first kappa shape index (κ1) is 16.8. The maximum atomic E-state index is 11.7. The fourth-order valence-corrected chi connectivity index (χ4v) is 2.56. The molecule has 0 bridgehead atoms. The molecular formula is C11H17ClN4O3S. The van der Waals surface area contributed by atoms with Crippen LogP contribution in [0.4, 0.5) is 0 Å². The monoisotopic (exact) mass is 320 g/mol. The second-order valence-corrected chi connectivity index (χ2v) is 6.46. The van der Waals surface area contributed by atoms with Gasteiger partial charge in [0.2, 0.25) is 10.0 Å². The van der Waals surface area contributed by atoms with E-state index in [1.165, 1.54) is 23.0 Å². The summed E-state index contributed by atoms with van der Waals surface area (Å²) in [4.78, 5) is 19.3. The van der Waals surface area contributed by atoms with Crippen molar-refractivity contribution < 1.29 is 13.2 Å². The SMILES string of the molecule is CCN(CCCNC(=O)c1cnc(Cl)cn1)S(C)(=O)=O. The largest absolute Gasteiger partial charge is 0.351 e. The minimum atomic E-state index is -3.19. The van der Waals surface area contributed by atoms with Gasteiger partial charge in [0.25, 0.3) is 5.91 Å². The van der Waals surface area contributed by atoms with Crippen molar-refractivity contribution in [3.05, 3.63) is 23.2 Å². The predicted octanol–water partition coefficient (Wildman–Crippen LogP) is 0.531. The third kappa shape index (κ3) is 5.40. The van der Waals surface area contributed by atoms with Crippen molar-refractivity contribution >= 4 is 27.5 Å². The first-order valence-corrected chi connectivity index (χ1v) is 8.28. The molecule has 7 nitrogen and oxygen atoms in total. The van der Waals surface area contributed by atoms with Crippen LogP contribution < -0.4 is 5.32 Å². The van der Waals surface area contributed by atoms with E-state index in [1.54, 1.807) is 6.92 Å². The first-order valence-electron chi connectivity index (χ1n) is 6.05. The van der Waals surface area contributed by atoms with E-state index in [1.807, 2.05) is 0 Å². The van der Waals surface area contributed by atoms with Crippen LogP contribution >= 0.6 is 11.6 Å². The van der Waals surface area contributed by atoms with Crippen LogP contribution in [0.3, 0.4) is 0 Å². The topological polar surface area (TPSA) is 92.3 Å². The number of hydrogen-bond donors (Lipinski definition) is 1. The highest BCUT2D eigenvalue weighted by molar-refractivity contribution is 7.88. The Morgan fingerprint density at radius 1 is 1.40 bits per heavy atom. The summed E-state index contributed by atoms with van der Waals surface area (Å²) in [5, 5.41) is 2.86. The van der Waals surface area contributed by atoms with E-state index in [2.05, 4.69) is 15.3 Å². The lowest BCUT2D eigenvalue weighted by molar-refractivity contribution is 0.0947. The van der Waals surface area contributed by atoms with Crippen LogP contribution in [0.5, 0.6) is 0 Å². The van der Waals surface area contributed by atoms with Crippen LogP contribution in [0.1, 0.15) is 23.8 Å². The summed E-state index contributed by atoms with van der Waals surface area (Å²) in [5.74, 6) is -0.364. The average molecular weight is 321 g/mol. The zero-order valence-corrected chi connectivity index (χ0v) is 12.9. The normalized spacial score (nSPS) is 11.6. The molecule has 112 valence electrons. The lowest BCUT2D eigenvalue weighted by Crippen LogP contribution is -2.33. The Balaban J connectivity index is 2.37. The molecule has 0 spiro atoms. The van der Waals surface area contributed by atoms with Crippen LogP contribution in [0.2, 0.25) is 5.15 Å². The maximum absolute atomic E-state index is 11.7. The Hall–Kier alpha value is -1.25. The van der Waals surface area contributed by atoms with Gasteiger partial charge in [-0.3, -0.25) is 4.79 Å². The van der Waals surface area contributed by atoms with Crippen molar-refractivity contribution in [3.8, 4) is 0 Å². The van der Waals surface area contributed by atoms with Crippen molar-refractivity contribution in [2.75, 3.05) is 25.9 Å². The molecule has 20 heavy (non-hydrogen) atoms. The molecule has 0 aliphatic carbocycles. The molecule has 0 radical (unpaired) electrons. The second kappa shape index (κ2) is 7.51. The summed E-state index contributed by atoms with van der Waals surface area (Å²) < 4.78 is 24.1. The number of aromatic nitrogens is 2. The first-order chi connectivity index (χ1) is 9.34. The van der Waals surface area contributed by atoms with Gasteiger partial charge in [-0.05, 0) is 6.42 Å². The quantitative estimate of drug-likeness (QED) is 0.740. The highest BCUT2D eigenvalue weighted by Crippen LogP contribution is 2.01. The predicted molar refractivity (Wildman–Crippen MR) is 76.1 cm³/mol. The minimum Gasteiger partial charge on any atom is -0.351 e. The zero-order valence-electron chi connectivity index (χ0n) is 11.3. The van der Waals surface area contributed by atoms with Gasteiger partial charge in [-0.1, -0.05) is 18.5 Å². The number of carbonyl (C=O) groups excluding carboxylic acids is 1. The molecule has 9 heteroatoms. The molecule has 0 saturated heterocycles. The van der Waals surface area contributed by atoms with Crippen molar-refractivity contribution in [3.63, 3.8) is 0 Å². The van der Waals surface area contributed by atoms with Crippen LogP contribution in [0, 0.1) is 0 Å². The van der Waals surface area contributed by atoms with Gasteiger partial charge in [-0.15, -0.1) is 0 Å². The van der Waals surface area contributed by atoms with E-state index < -0.39 is 10.0 Å². The van der Waals surface area contributed by atoms with Gasteiger partial charge in [0.15, 0.2) is 0 Å². The molecule has 0 aromatic carbocycles. The Morgan fingerprint density at radius 3 is 2.60 bits per heavy atom.